The highest BCUT2D eigenvalue weighted by Gasteiger charge is 2.12. The van der Waals surface area contributed by atoms with Crippen LogP contribution in [0.2, 0.25) is 0 Å². The molecular weight excluding hydrogens is 328 g/mol. The maximum atomic E-state index is 10.3. The summed E-state index contributed by atoms with van der Waals surface area (Å²) in [6, 6.07) is 13.9. The van der Waals surface area contributed by atoms with Gasteiger partial charge in [-0.15, -0.1) is 0 Å². The van der Waals surface area contributed by atoms with Crippen molar-refractivity contribution in [3.8, 4) is 0 Å². The van der Waals surface area contributed by atoms with Crippen LogP contribution in [0.15, 0.2) is 46.9 Å². The number of nitrogens with zero attached hydrogens (tertiary/aromatic N) is 2. The Morgan fingerprint density at radius 3 is 2.67 bits per heavy atom. The minimum Gasteiger partial charge on any atom is -0.388 e. The Kier molecular flexibility index (Phi) is 5.91. The third-order valence-corrected chi connectivity index (χ3v) is 4.15. The van der Waals surface area contributed by atoms with Crippen LogP contribution in [-0.2, 0) is 6.54 Å². The van der Waals surface area contributed by atoms with Crippen molar-refractivity contribution < 1.29 is 5.11 Å². The number of pyridine rings is 1. The molecule has 0 spiro atoms. The molecule has 1 aromatic heterocycles. The van der Waals surface area contributed by atoms with E-state index < -0.39 is 6.10 Å². The maximum absolute atomic E-state index is 10.3. The van der Waals surface area contributed by atoms with E-state index in [9.17, 15) is 5.11 Å². The van der Waals surface area contributed by atoms with Gasteiger partial charge in [-0.1, -0.05) is 40.2 Å². The Balaban J connectivity index is 1.86. The summed E-state index contributed by atoms with van der Waals surface area (Å²) in [5, 5.41) is 10.3. The molecule has 0 saturated carbocycles. The molecule has 0 aliphatic rings. The molecule has 4 heteroatoms. The zero-order valence-corrected chi connectivity index (χ0v) is 14.0. The number of benzene rings is 1. The molecule has 2 aromatic rings. The van der Waals surface area contributed by atoms with E-state index in [1.54, 1.807) is 0 Å². The zero-order valence-electron chi connectivity index (χ0n) is 12.5. The van der Waals surface area contributed by atoms with Gasteiger partial charge < -0.3 is 10.0 Å². The van der Waals surface area contributed by atoms with Crippen LogP contribution in [0.25, 0.3) is 0 Å². The Bertz CT molecular complexity index is 589. The van der Waals surface area contributed by atoms with Crippen LogP contribution in [0, 0.1) is 6.92 Å². The number of aryl methyl sites for hydroxylation is 1. The first-order valence-corrected chi connectivity index (χ1v) is 7.89. The SMILES string of the molecule is Cc1cccc(CN(C)CCC(O)c2ccccc2Br)n1. The fourth-order valence-corrected chi connectivity index (χ4v) is 2.84. The van der Waals surface area contributed by atoms with E-state index in [1.807, 2.05) is 49.4 Å². The summed E-state index contributed by atoms with van der Waals surface area (Å²) in [7, 11) is 2.05. The lowest BCUT2D eigenvalue weighted by Gasteiger charge is -2.19. The molecule has 0 aliphatic heterocycles. The van der Waals surface area contributed by atoms with E-state index in [4.69, 9.17) is 0 Å². The van der Waals surface area contributed by atoms with Crippen LogP contribution in [0.3, 0.4) is 0 Å². The lowest BCUT2D eigenvalue weighted by molar-refractivity contribution is 0.146. The van der Waals surface area contributed by atoms with Gasteiger partial charge in [0.05, 0.1) is 11.8 Å². The Labute approximate surface area is 134 Å². The first kappa shape index (κ1) is 16.1. The molecule has 0 amide bonds. The highest BCUT2D eigenvalue weighted by molar-refractivity contribution is 9.10. The third kappa shape index (κ3) is 4.92. The van der Waals surface area contributed by atoms with Gasteiger partial charge in [0.15, 0.2) is 0 Å². The second-order valence-corrected chi connectivity index (χ2v) is 6.19. The molecule has 2 rings (SSSR count). The topological polar surface area (TPSA) is 36.4 Å². The molecule has 1 heterocycles. The highest BCUT2D eigenvalue weighted by Crippen LogP contribution is 2.25. The van der Waals surface area contributed by atoms with Gasteiger partial charge >= 0.3 is 0 Å². The first-order chi connectivity index (χ1) is 10.1. The third-order valence-electron chi connectivity index (χ3n) is 3.43. The predicted octanol–water partition coefficient (Wildman–Crippen LogP) is 3.71. The van der Waals surface area contributed by atoms with Crippen LogP contribution >= 0.6 is 15.9 Å². The molecule has 0 fully saturated rings. The van der Waals surface area contributed by atoms with Gasteiger partial charge in [0, 0.05) is 23.3 Å². The number of aromatic nitrogens is 1. The molecule has 0 bridgehead atoms. The molecule has 1 N–H and O–H groups in total. The molecule has 0 saturated heterocycles. The largest absolute Gasteiger partial charge is 0.388 e. The highest BCUT2D eigenvalue weighted by atomic mass is 79.9. The van der Waals surface area contributed by atoms with Crippen molar-refractivity contribution >= 4 is 15.9 Å². The molecule has 0 aliphatic carbocycles. The van der Waals surface area contributed by atoms with E-state index in [2.05, 4.69) is 32.9 Å². The molecular formula is C17H21BrN2O. The summed E-state index contributed by atoms with van der Waals surface area (Å²) in [6.07, 6.45) is 0.249. The average molecular weight is 349 g/mol. The summed E-state index contributed by atoms with van der Waals surface area (Å²) < 4.78 is 0.959. The van der Waals surface area contributed by atoms with E-state index >= 15 is 0 Å². The predicted molar refractivity (Wildman–Crippen MR) is 89.0 cm³/mol. The van der Waals surface area contributed by atoms with E-state index in [1.165, 1.54) is 0 Å². The molecule has 3 nitrogen and oxygen atoms in total. The molecule has 1 aromatic carbocycles. The Morgan fingerprint density at radius 1 is 1.19 bits per heavy atom. The molecule has 0 radical (unpaired) electrons. The summed E-state index contributed by atoms with van der Waals surface area (Å²) in [5.74, 6) is 0. The van der Waals surface area contributed by atoms with Crippen LogP contribution in [0.4, 0.5) is 0 Å². The fraction of sp³-hybridized carbons (Fsp3) is 0.353. The average Bonchev–Trinajstić information content (AvgIpc) is 2.45. The fourth-order valence-electron chi connectivity index (χ4n) is 2.29. The van der Waals surface area contributed by atoms with E-state index in [-0.39, 0.29) is 0 Å². The number of aliphatic hydroxyl groups excluding tert-OH is 1. The minimum atomic E-state index is -0.450. The van der Waals surface area contributed by atoms with Gasteiger partial charge in [-0.2, -0.15) is 0 Å². The number of halogens is 1. The Morgan fingerprint density at radius 2 is 1.95 bits per heavy atom. The van der Waals surface area contributed by atoms with Gasteiger partial charge in [-0.05, 0) is 44.2 Å². The summed E-state index contributed by atoms with van der Waals surface area (Å²) in [6.45, 7) is 3.61. The smallest absolute Gasteiger partial charge is 0.0813 e. The minimum absolute atomic E-state index is 0.450. The van der Waals surface area contributed by atoms with Crippen molar-refractivity contribution in [3.05, 3.63) is 63.9 Å². The normalized spacial score (nSPS) is 12.6. The number of aliphatic hydroxyl groups is 1. The van der Waals surface area contributed by atoms with Gasteiger partial charge in [-0.25, -0.2) is 0 Å². The van der Waals surface area contributed by atoms with Crippen LogP contribution in [0.5, 0.6) is 0 Å². The second-order valence-electron chi connectivity index (χ2n) is 5.33. The monoisotopic (exact) mass is 348 g/mol. The standard InChI is InChI=1S/C17H21BrN2O/c1-13-6-5-7-14(19-13)12-20(2)11-10-17(21)15-8-3-4-9-16(15)18/h3-9,17,21H,10-12H2,1-2H3. The molecule has 21 heavy (non-hydrogen) atoms. The van der Waals surface area contributed by atoms with Gasteiger partial charge in [-0.3, -0.25) is 4.98 Å². The molecule has 1 unspecified atom stereocenters. The van der Waals surface area contributed by atoms with Crippen LogP contribution in [0.1, 0.15) is 29.5 Å². The Hall–Kier alpha value is -1.23. The van der Waals surface area contributed by atoms with Crippen molar-refractivity contribution in [2.75, 3.05) is 13.6 Å². The van der Waals surface area contributed by atoms with Gasteiger partial charge in [0.25, 0.3) is 0 Å². The molecule has 1 atom stereocenters. The summed E-state index contributed by atoms with van der Waals surface area (Å²) in [5.41, 5.74) is 3.04. The first-order valence-electron chi connectivity index (χ1n) is 7.10. The number of rotatable bonds is 6. The zero-order chi connectivity index (χ0) is 15.2. The van der Waals surface area contributed by atoms with Crippen LogP contribution < -0.4 is 0 Å². The van der Waals surface area contributed by atoms with Crippen molar-refractivity contribution in [3.63, 3.8) is 0 Å². The maximum Gasteiger partial charge on any atom is 0.0813 e. The van der Waals surface area contributed by atoms with Gasteiger partial charge in [0.1, 0.15) is 0 Å². The molecule has 112 valence electrons. The van der Waals surface area contributed by atoms with Crippen molar-refractivity contribution in [1.29, 1.82) is 0 Å². The second kappa shape index (κ2) is 7.69. The van der Waals surface area contributed by atoms with Crippen molar-refractivity contribution in [2.24, 2.45) is 0 Å². The lowest BCUT2D eigenvalue weighted by Crippen LogP contribution is -2.21. The van der Waals surface area contributed by atoms with Crippen LogP contribution in [-0.4, -0.2) is 28.6 Å². The van der Waals surface area contributed by atoms with Crippen molar-refractivity contribution in [2.45, 2.75) is 26.0 Å². The quantitative estimate of drug-likeness (QED) is 0.864. The van der Waals surface area contributed by atoms with Crippen molar-refractivity contribution in [1.82, 2.24) is 9.88 Å². The van der Waals surface area contributed by atoms with E-state index in [0.717, 1.165) is 34.5 Å². The lowest BCUT2D eigenvalue weighted by atomic mass is 10.1. The summed E-state index contributed by atoms with van der Waals surface area (Å²) >= 11 is 3.48. The number of hydrogen-bond acceptors (Lipinski definition) is 3. The summed E-state index contributed by atoms with van der Waals surface area (Å²) in [4.78, 5) is 6.68. The van der Waals surface area contributed by atoms with Gasteiger partial charge in [0.2, 0.25) is 0 Å². The van der Waals surface area contributed by atoms with E-state index in [0.29, 0.717) is 6.42 Å². The number of hydrogen-bond donors (Lipinski definition) is 1.